The highest BCUT2D eigenvalue weighted by Crippen LogP contribution is 2.34. The fourth-order valence-corrected chi connectivity index (χ4v) is 6.13. The quantitative estimate of drug-likeness (QED) is 0.301. The van der Waals surface area contributed by atoms with Gasteiger partial charge in [0.25, 0.3) is 10.0 Å². The summed E-state index contributed by atoms with van der Waals surface area (Å²) in [7, 11) is -4.37. The van der Waals surface area contributed by atoms with Gasteiger partial charge in [-0.3, -0.25) is 13.9 Å². The number of nitrogens with zero attached hydrogens (tertiary/aromatic N) is 2. The molecule has 0 aromatic heterocycles. The van der Waals surface area contributed by atoms with Crippen molar-refractivity contribution in [1.29, 1.82) is 0 Å². The zero-order chi connectivity index (χ0) is 31.1. The molecule has 2 amide bonds. The molecular weight excluding hydrogens is 597 g/mol. The van der Waals surface area contributed by atoms with Crippen LogP contribution in [0.2, 0.25) is 5.02 Å². The molecule has 230 valence electrons. The highest BCUT2D eigenvalue weighted by molar-refractivity contribution is 7.92. The van der Waals surface area contributed by atoms with Gasteiger partial charge in [-0.2, -0.15) is 0 Å². The summed E-state index contributed by atoms with van der Waals surface area (Å²) in [6.07, 6.45) is 0.286. The third-order valence-corrected chi connectivity index (χ3v) is 8.85. The number of sulfonamides is 1. The number of carbonyl (C=O) groups is 2. The molecule has 1 N–H and O–H groups in total. The van der Waals surface area contributed by atoms with E-state index in [2.05, 4.69) is 5.32 Å². The van der Waals surface area contributed by atoms with Crippen LogP contribution in [-0.2, 0) is 26.2 Å². The highest BCUT2D eigenvalue weighted by atomic mass is 35.5. The summed E-state index contributed by atoms with van der Waals surface area (Å²) in [5.74, 6) is -0.679. The van der Waals surface area contributed by atoms with Crippen LogP contribution in [0.3, 0.4) is 0 Å². The molecule has 0 unspecified atom stereocenters. The van der Waals surface area contributed by atoms with E-state index in [1.165, 1.54) is 35.2 Å². The molecule has 1 atom stereocenters. The normalized spacial score (nSPS) is 13.3. The third-order valence-electron chi connectivity index (χ3n) is 6.83. The minimum atomic E-state index is -4.37. The Morgan fingerprint density at radius 3 is 2.26 bits per heavy atom. The lowest BCUT2D eigenvalue weighted by Crippen LogP contribution is -2.52. The molecule has 0 spiro atoms. The molecule has 3 aromatic carbocycles. The molecule has 3 aromatic rings. The van der Waals surface area contributed by atoms with Crippen molar-refractivity contribution in [3.05, 3.63) is 83.1 Å². The number of amides is 2. The lowest BCUT2D eigenvalue weighted by molar-refractivity contribution is -0.140. The van der Waals surface area contributed by atoms with Gasteiger partial charge >= 0.3 is 0 Å². The molecule has 4 rings (SSSR count). The first-order valence-corrected chi connectivity index (χ1v) is 15.8. The maximum Gasteiger partial charge on any atom is 0.264 e. The zero-order valence-electron chi connectivity index (χ0n) is 24.3. The Kier molecular flexibility index (Phi) is 10.5. The van der Waals surface area contributed by atoms with Gasteiger partial charge in [0.2, 0.25) is 11.8 Å². The monoisotopic (exact) mass is 631 g/mol. The molecule has 12 heteroatoms. The zero-order valence-corrected chi connectivity index (χ0v) is 25.8. The SMILES string of the molecule is CC[C@H](C(=O)NCC(C)C)N(Cc1ccc(Cl)cc1)C(=O)CN(c1ccc(F)cc1)S(=O)(=O)c1ccc2c(c1)OCCO2. The van der Waals surface area contributed by atoms with Crippen LogP contribution >= 0.6 is 11.6 Å². The van der Waals surface area contributed by atoms with Crippen molar-refractivity contribution in [2.45, 2.75) is 44.7 Å². The van der Waals surface area contributed by atoms with Crippen molar-refractivity contribution in [3.8, 4) is 11.5 Å². The summed E-state index contributed by atoms with van der Waals surface area (Å²) < 4.78 is 54.0. The standard InChI is InChI=1S/C31H35ClFN3O6S/c1-4-27(31(38)34-18-21(2)3)35(19-22-5-7-23(32)8-6-22)30(37)20-36(25-11-9-24(33)10-12-25)43(39,40)26-13-14-28-29(17-26)42-16-15-41-28/h5-14,17,21,27H,4,15-16,18-20H2,1-3H3,(H,34,38)/t27-/m1/s1. The summed E-state index contributed by atoms with van der Waals surface area (Å²) in [4.78, 5) is 28.6. The minimum Gasteiger partial charge on any atom is -0.486 e. The summed E-state index contributed by atoms with van der Waals surface area (Å²) in [6.45, 7) is 6.09. The first-order chi connectivity index (χ1) is 20.5. The molecular formula is C31H35ClFN3O6S. The van der Waals surface area contributed by atoms with Crippen LogP contribution in [0.4, 0.5) is 10.1 Å². The van der Waals surface area contributed by atoms with Crippen molar-refractivity contribution >= 4 is 39.1 Å². The number of hydrogen-bond acceptors (Lipinski definition) is 6. The van der Waals surface area contributed by atoms with Gasteiger partial charge in [-0.05, 0) is 66.4 Å². The number of benzene rings is 3. The second-order valence-electron chi connectivity index (χ2n) is 10.5. The molecule has 0 aliphatic carbocycles. The Labute approximate surface area is 256 Å². The molecule has 1 aliphatic heterocycles. The fraction of sp³-hybridized carbons (Fsp3) is 0.355. The Bertz CT molecular complexity index is 1530. The van der Waals surface area contributed by atoms with Crippen molar-refractivity contribution in [1.82, 2.24) is 10.2 Å². The Morgan fingerprint density at radius 1 is 0.977 bits per heavy atom. The van der Waals surface area contributed by atoms with E-state index in [1.807, 2.05) is 13.8 Å². The molecule has 0 saturated carbocycles. The maximum atomic E-state index is 14.1. The molecule has 0 fully saturated rings. The average molecular weight is 632 g/mol. The van der Waals surface area contributed by atoms with Crippen molar-refractivity contribution in [3.63, 3.8) is 0 Å². The fourth-order valence-electron chi connectivity index (χ4n) is 4.58. The van der Waals surface area contributed by atoms with Crippen LogP contribution in [0.25, 0.3) is 0 Å². The van der Waals surface area contributed by atoms with Crippen molar-refractivity contribution in [2.75, 3.05) is 30.6 Å². The number of anilines is 1. The van der Waals surface area contributed by atoms with Crippen molar-refractivity contribution in [2.24, 2.45) is 5.92 Å². The summed E-state index contributed by atoms with van der Waals surface area (Å²) in [5.41, 5.74) is 0.782. The lowest BCUT2D eigenvalue weighted by atomic mass is 10.1. The van der Waals surface area contributed by atoms with Gasteiger partial charge in [0.05, 0.1) is 10.6 Å². The van der Waals surface area contributed by atoms with Gasteiger partial charge in [-0.15, -0.1) is 0 Å². The van der Waals surface area contributed by atoms with E-state index in [4.69, 9.17) is 21.1 Å². The Morgan fingerprint density at radius 2 is 1.63 bits per heavy atom. The van der Waals surface area contributed by atoms with Gasteiger partial charge in [0, 0.05) is 24.2 Å². The predicted octanol–water partition coefficient (Wildman–Crippen LogP) is 5.03. The number of nitrogens with one attached hydrogen (secondary N) is 1. The number of hydrogen-bond donors (Lipinski definition) is 1. The van der Waals surface area contributed by atoms with Crippen LogP contribution in [0.15, 0.2) is 71.6 Å². The second-order valence-corrected chi connectivity index (χ2v) is 12.8. The Balaban J connectivity index is 1.73. The van der Waals surface area contributed by atoms with E-state index in [1.54, 1.807) is 31.2 Å². The summed E-state index contributed by atoms with van der Waals surface area (Å²) in [5, 5.41) is 3.40. The van der Waals surface area contributed by atoms with Crippen LogP contribution < -0.4 is 19.1 Å². The first kappa shape index (κ1) is 32.1. The van der Waals surface area contributed by atoms with Gasteiger partial charge < -0.3 is 19.7 Å². The summed E-state index contributed by atoms with van der Waals surface area (Å²) in [6, 6.07) is 15.0. The largest absolute Gasteiger partial charge is 0.486 e. The number of fused-ring (bicyclic) bond motifs is 1. The van der Waals surface area contributed by atoms with Gasteiger partial charge in [0.15, 0.2) is 11.5 Å². The molecule has 1 heterocycles. The topological polar surface area (TPSA) is 105 Å². The minimum absolute atomic E-state index is 0.0327. The lowest BCUT2D eigenvalue weighted by Gasteiger charge is -2.33. The average Bonchev–Trinajstić information content (AvgIpc) is 2.99. The summed E-state index contributed by atoms with van der Waals surface area (Å²) >= 11 is 6.06. The maximum absolute atomic E-state index is 14.1. The molecule has 0 radical (unpaired) electrons. The number of ether oxygens (including phenoxy) is 2. The Hall–Kier alpha value is -3.83. The van der Waals surface area contributed by atoms with E-state index < -0.39 is 34.3 Å². The van der Waals surface area contributed by atoms with Gasteiger partial charge in [-0.1, -0.05) is 44.5 Å². The van der Waals surface area contributed by atoms with E-state index >= 15 is 0 Å². The first-order valence-electron chi connectivity index (χ1n) is 14.0. The van der Waals surface area contributed by atoms with Gasteiger partial charge in [-0.25, -0.2) is 12.8 Å². The molecule has 43 heavy (non-hydrogen) atoms. The van der Waals surface area contributed by atoms with E-state index in [-0.39, 0.29) is 47.7 Å². The predicted molar refractivity (Wildman–Crippen MR) is 162 cm³/mol. The third kappa shape index (κ3) is 7.97. The molecule has 0 bridgehead atoms. The van der Waals surface area contributed by atoms with E-state index in [0.717, 1.165) is 16.4 Å². The van der Waals surface area contributed by atoms with Gasteiger partial charge in [0.1, 0.15) is 31.6 Å². The van der Waals surface area contributed by atoms with Crippen molar-refractivity contribution < 1.29 is 31.9 Å². The smallest absolute Gasteiger partial charge is 0.264 e. The van der Waals surface area contributed by atoms with Crippen LogP contribution in [-0.4, -0.2) is 57.5 Å². The second kappa shape index (κ2) is 14.1. The molecule has 9 nitrogen and oxygen atoms in total. The van der Waals surface area contributed by atoms with Crippen LogP contribution in [0, 0.1) is 11.7 Å². The van der Waals surface area contributed by atoms with E-state index in [9.17, 15) is 22.4 Å². The molecule has 0 saturated heterocycles. The van der Waals surface area contributed by atoms with E-state index in [0.29, 0.717) is 29.5 Å². The highest BCUT2D eigenvalue weighted by Gasteiger charge is 2.34. The number of halogens is 2. The number of carbonyl (C=O) groups excluding carboxylic acids is 2. The number of rotatable bonds is 12. The van der Waals surface area contributed by atoms with Crippen LogP contribution in [0.5, 0.6) is 11.5 Å². The van der Waals surface area contributed by atoms with Crippen LogP contribution in [0.1, 0.15) is 32.8 Å². The molecule has 1 aliphatic rings.